The molecule has 1 amide bonds. The molecule has 0 saturated carbocycles. The van der Waals surface area contributed by atoms with Crippen molar-refractivity contribution in [2.24, 2.45) is 0 Å². The van der Waals surface area contributed by atoms with Crippen molar-refractivity contribution in [2.75, 3.05) is 12.4 Å². The lowest BCUT2D eigenvalue weighted by atomic mass is 10.0. The van der Waals surface area contributed by atoms with Crippen molar-refractivity contribution in [2.45, 2.75) is 27.3 Å². The SMILES string of the molecule is COc1ccc(-c2ccnc3c2c(C)nn3CC(=O)Nc2nc(C)c(C)s2)cc1. The Balaban J connectivity index is 1.65. The minimum absolute atomic E-state index is 0.0705. The Kier molecular flexibility index (Phi) is 5.02. The molecule has 0 aliphatic carbocycles. The molecule has 0 unspecified atom stereocenters. The van der Waals surface area contributed by atoms with E-state index in [1.165, 1.54) is 11.3 Å². The smallest absolute Gasteiger partial charge is 0.247 e. The second kappa shape index (κ2) is 7.63. The van der Waals surface area contributed by atoms with E-state index >= 15 is 0 Å². The Morgan fingerprint density at radius 2 is 1.90 bits per heavy atom. The first kappa shape index (κ1) is 19.1. The molecule has 0 radical (unpaired) electrons. The van der Waals surface area contributed by atoms with E-state index < -0.39 is 0 Å². The fourth-order valence-corrected chi connectivity index (χ4v) is 4.05. The number of thiazole rings is 1. The summed E-state index contributed by atoms with van der Waals surface area (Å²) in [7, 11) is 1.65. The lowest BCUT2D eigenvalue weighted by Crippen LogP contribution is -2.19. The summed E-state index contributed by atoms with van der Waals surface area (Å²) in [5.74, 6) is 0.621. The average molecular weight is 407 g/mol. The van der Waals surface area contributed by atoms with Gasteiger partial charge >= 0.3 is 0 Å². The predicted octanol–water partition coefficient (Wildman–Crippen LogP) is 4.13. The van der Waals surface area contributed by atoms with Gasteiger partial charge in [0.05, 0.1) is 18.5 Å². The molecule has 7 nitrogen and oxygen atoms in total. The Morgan fingerprint density at radius 1 is 1.14 bits per heavy atom. The Labute approximate surface area is 172 Å². The highest BCUT2D eigenvalue weighted by molar-refractivity contribution is 7.15. The van der Waals surface area contributed by atoms with Crippen LogP contribution in [0.2, 0.25) is 0 Å². The summed E-state index contributed by atoms with van der Waals surface area (Å²) in [4.78, 5) is 22.5. The number of pyridine rings is 1. The fraction of sp³-hybridized carbons (Fsp3) is 0.238. The van der Waals surface area contributed by atoms with Gasteiger partial charge in [-0.2, -0.15) is 5.10 Å². The van der Waals surface area contributed by atoms with Crippen LogP contribution in [0.15, 0.2) is 36.5 Å². The van der Waals surface area contributed by atoms with Crippen molar-refractivity contribution in [1.82, 2.24) is 19.7 Å². The van der Waals surface area contributed by atoms with E-state index in [1.54, 1.807) is 18.0 Å². The monoisotopic (exact) mass is 407 g/mol. The highest BCUT2D eigenvalue weighted by Crippen LogP contribution is 2.31. The maximum Gasteiger partial charge on any atom is 0.247 e. The molecule has 4 aromatic rings. The van der Waals surface area contributed by atoms with E-state index in [4.69, 9.17) is 4.74 Å². The van der Waals surface area contributed by atoms with Gasteiger partial charge in [0.15, 0.2) is 10.8 Å². The minimum Gasteiger partial charge on any atom is -0.497 e. The summed E-state index contributed by atoms with van der Waals surface area (Å²) in [5.41, 5.74) is 4.49. The molecular weight excluding hydrogens is 386 g/mol. The number of nitrogens with one attached hydrogen (secondary N) is 1. The number of benzene rings is 1. The average Bonchev–Trinajstić information content (AvgIpc) is 3.20. The molecule has 29 heavy (non-hydrogen) atoms. The van der Waals surface area contributed by atoms with Crippen LogP contribution < -0.4 is 10.1 Å². The molecule has 0 spiro atoms. The lowest BCUT2D eigenvalue weighted by molar-refractivity contribution is -0.116. The summed E-state index contributed by atoms with van der Waals surface area (Å²) < 4.78 is 6.88. The van der Waals surface area contributed by atoms with Gasteiger partial charge < -0.3 is 10.1 Å². The highest BCUT2D eigenvalue weighted by Gasteiger charge is 2.17. The third kappa shape index (κ3) is 3.71. The van der Waals surface area contributed by atoms with E-state index in [9.17, 15) is 4.79 Å². The number of fused-ring (bicyclic) bond motifs is 1. The Morgan fingerprint density at radius 3 is 2.55 bits per heavy atom. The molecular formula is C21H21N5O2S. The quantitative estimate of drug-likeness (QED) is 0.538. The third-order valence-corrected chi connectivity index (χ3v) is 5.77. The van der Waals surface area contributed by atoms with Crippen LogP contribution in [0.3, 0.4) is 0 Å². The molecule has 3 aromatic heterocycles. The maximum atomic E-state index is 12.5. The van der Waals surface area contributed by atoms with Crippen LogP contribution in [0, 0.1) is 20.8 Å². The van der Waals surface area contributed by atoms with Crippen molar-refractivity contribution in [3.63, 3.8) is 0 Å². The van der Waals surface area contributed by atoms with E-state index in [-0.39, 0.29) is 12.5 Å². The van der Waals surface area contributed by atoms with Gasteiger partial charge in [-0.1, -0.05) is 12.1 Å². The van der Waals surface area contributed by atoms with Crippen LogP contribution in [0.1, 0.15) is 16.3 Å². The van der Waals surface area contributed by atoms with Crippen LogP contribution in [0.4, 0.5) is 5.13 Å². The minimum atomic E-state index is -0.181. The van der Waals surface area contributed by atoms with Crippen molar-refractivity contribution >= 4 is 33.4 Å². The van der Waals surface area contributed by atoms with Crippen LogP contribution in [-0.2, 0) is 11.3 Å². The van der Waals surface area contributed by atoms with Gasteiger partial charge in [-0.3, -0.25) is 4.79 Å². The van der Waals surface area contributed by atoms with Crippen LogP contribution in [-0.4, -0.2) is 32.8 Å². The van der Waals surface area contributed by atoms with Gasteiger partial charge in [0.2, 0.25) is 5.91 Å². The molecule has 0 aliphatic rings. The summed E-state index contributed by atoms with van der Waals surface area (Å²) >= 11 is 1.47. The molecule has 8 heteroatoms. The molecule has 0 fully saturated rings. The first-order valence-electron chi connectivity index (χ1n) is 9.16. The molecule has 148 valence electrons. The summed E-state index contributed by atoms with van der Waals surface area (Å²) in [6, 6.07) is 9.82. The molecule has 1 N–H and O–H groups in total. The molecule has 0 atom stereocenters. The molecule has 3 heterocycles. The molecule has 0 aliphatic heterocycles. The number of methoxy groups -OCH3 is 1. The summed E-state index contributed by atoms with van der Waals surface area (Å²) in [6.07, 6.45) is 1.74. The van der Waals surface area contributed by atoms with Gasteiger partial charge in [0, 0.05) is 16.5 Å². The molecule has 1 aromatic carbocycles. The predicted molar refractivity (Wildman–Crippen MR) is 114 cm³/mol. The van der Waals surface area contributed by atoms with Crippen molar-refractivity contribution < 1.29 is 9.53 Å². The number of anilines is 1. The van der Waals surface area contributed by atoms with Crippen LogP contribution in [0.25, 0.3) is 22.2 Å². The first-order chi connectivity index (χ1) is 14.0. The number of nitrogens with zero attached hydrogens (tertiary/aromatic N) is 4. The number of carbonyl (C=O) groups is 1. The third-order valence-electron chi connectivity index (χ3n) is 4.78. The number of amides is 1. The van der Waals surface area contributed by atoms with Crippen LogP contribution >= 0.6 is 11.3 Å². The van der Waals surface area contributed by atoms with Crippen molar-refractivity contribution in [3.8, 4) is 16.9 Å². The van der Waals surface area contributed by atoms with Gasteiger partial charge in [-0.25, -0.2) is 14.6 Å². The van der Waals surface area contributed by atoms with E-state index in [2.05, 4.69) is 20.4 Å². The standard InChI is InChI=1S/C21H21N5O2S/c1-12-14(3)29-21(23-12)24-18(27)11-26-20-19(13(2)25-26)17(9-10-22-20)15-5-7-16(28-4)8-6-15/h5-10H,11H2,1-4H3,(H,23,24,27). The summed E-state index contributed by atoms with van der Waals surface area (Å²) in [6.45, 7) is 5.91. The van der Waals surface area contributed by atoms with Gasteiger partial charge in [-0.05, 0) is 50.1 Å². The van der Waals surface area contributed by atoms with Gasteiger partial charge in [-0.15, -0.1) is 11.3 Å². The zero-order valence-corrected chi connectivity index (χ0v) is 17.5. The second-order valence-electron chi connectivity index (χ2n) is 6.74. The van der Waals surface area contributed by atoms with E-state index in [0.717, 1.165) is 38.5 Å². The largest absolute Gasteiger partial charge is 0.497 e. The molecule has 0 saturated heterocycles. The lowest BCUT2D eigenvalue weighted by Gasteiger charge is -2.06. The van der Waals surface area contributed by atoms with Crippen molar-refractivity contribution in [1.29, 1.82) is 0 Å². The highest BCUT2D eigenvalue weighted by atomic mass is 32.1. The Bertz CT molecular complexity index is 1170. The maximum absolute atomic E-state index is 12.5. The first-order valence-corrected chi connectivity index (χ1v) is 9.98. The van der Waals surface area contributed by atoms with Crippen molar-refractivity contribution in [3.05, 3.63) is 52.8 Å². The number of aryl methyl sites for hydroxylation is 3. The molecule has 4 rings (SSSR count). The number of rotatable bonds is 5. The fourth-order valence-electron chi connectivity index (χ4n) is 3.22. The van der Waals surface area contributed by atoms with Gasteiger partial charge in [0.25, 0.3) is 0 Å². The molecule has 0 bridgehead atoms. The number of hydrogen-bond donors (Lipinski definition) is 1. The van der Waals surface area contributed by atoms with E-state index in [0.29, 0.717) is 10.8 Å². The number of aromatic nitrogens is 4. The van der Waals surface area contributed by atoms with E-state index in [1.807, 2.05) is 51.1 Å². The normalized spacial score (nSPS) is 11.0. The van der Waals surface area contributed by atoms with Gasteiger partial charge in [0.1, 0.15) is 12.3 Å². The second-order valence-corrected chi connectivity index (χ2v) is 7.94. The zero-order chi connectivity index (χ0) is 20.5. The Hall–Kier alpha value is -3.26. The number of carbonyl (C=O) groups excluding carboxylic acids is 1. The zero-order valence-electron chi connectivity index (χ0n) is 16.7. The summed E-state index contributed by atoms with van der Waals surface area (Å²) in [5, 5.41) is 8.95. The topological polar surface area (TPSA) is 81.9 Å². The number of ether oxygens (including phenoxy) is 1. The van der Waals surface area contributed by atoms with Crippen LogP contribution in [0.5, 0.6) is 5.75 Å². The number of hydrogen-bond acceptors (Lipinski definition) is 6.